The topological polar surface area (TPSA) is 103 Å². The number of nitrogens with zero attached hydrogens (tertiary/aromatic N) is 1. The van der Waals surface area contributed by atoms with Gasteiger partial charge in [0.25, 0.3) is 0 Å². The van der Waals surface area contributed by atoms with Crippen LogP contribution in [0.2, 0.25) is 0 Å². The number of carboxylic acid groups (broad SMARTS) is 2. The van der Waals surface area contributed by atoms with Crippen LogP contribution < -0.4 is 0 Å². The molecular formula is C13H14N2O4. The number of H-pyrrole nitrogens is 1. The summed E-state index contributed by atoms with van der Waals surface area (Å²) in [4.78, 5) is 26.3. The minimum atomic E-state index is -1.08. The van der Waals surface area contributed by atoms with Crippen molar-refractivity contribution in [3.05, 3.63) is 42.9 Å². The Hall–Kier alpha value is -2.63. The third-order valence-corrected chi connectivity index (χ3v) is 2.14. The number of rotatable bonds is 4. The first-order valence-electron chi connectivity index (χ1n) is 5.57. The van der Waals surface area contributed by atoms with Crippen LogP contribution in [-0.2, 0) is 9.59 Å². The van der Waals surface area contributed by atoms with Crippen LogP contribution >= 0.6 is 0 Å². The van der Waals surface area contributed by atoms with Gasteiger partial charge in [-0.15, -0.1) is 0 Å². The Morgan fingerprint density at radius 2 is 1.63 bits per heavy atom. The average Bonchev–Trinajstić information content (AvgIpc) is 2.92. The van der Waals surface area contributed by atoms with Crippen molar-refractivity contribution >= 4 is 11.9 Å². The zero-order chi connectivity index (χ0) is 14.1. The third kappa shape index (κ3) is 6.02. The second kappa shape index (κ2) is 7.65. The van der Waals surface area contributed by atoms with E-state index in [1.54, 1.807) is 6.33 Å². The molecule has 0 aliphatic rings. The summed E-state index contributed by atoms with van der Waals surface area (Å²) in [5.74, 6) is -2.15. The lowest BCUT2D eigenvalue weighted by atomic mass is 10.2. The van der Waals surface area contributed by atoms with Gasteiger partial charge >= 0.3 is 11.9 Å². The van der Waals surface area contributed by atoms with E-state index >= 15 is 0 Å². The second-order valence-electron chi connectivity index (χ2n) is 3.62. The van der Waals surface area contributed by atoms with Crippen LogP contribution in [0.5, 0.6) is 0 Å². The predicted molar refractivity (Wildman–Crippen MR) is 68.5 cm³/mol. The Morgan fingerprint density at radius 1 is 1.05 bits per heavy atom. The molecule has 0 fully saturated rings. The smallest absolute Gasteiger partial charge is 0.303 e. The molecule has 0 aliphatic heterocycles. The first kappa shape index (κ1) is 14.4. The van der Waals surface area contributed by atoms with Crippen molar-refractivity contribution in [1.29, 1.82) is 0 Å². The summed E-state index contributed by atoms with van der Waals surface area (Å²) >= 11 is 0. The number of hydrogen-bond donors (Lipinski definition) is 3. The maximum Gasteiger partial charge on any atom is 0.303 e. The molecule has 3 N–H and O–H groups in total. The van der Waals surface area contributed by atoms with Crippen LogP contribution in [0.15, 0.2) is 42.9 Å². The Bertz CT molecular complexity index is 495. The van der Waals surface area contributed by atoms with Gasteiger partial charge in [0.1, 0.15) is 0 Å². The van der Waals surface area contributed by atoms with Gasteiger partial charge in [-0.25, -0.2) is 4.98 Å². The molecule has 100 valence electrons. The largest absolute Gasteiger partial charge is 0.481 e. The monoisotopic (exact) mass is 262 g/mol. The molecule has 1 aromatic carbocycles. The van der Waals surface area contributed by atoms with Gasteiger partial charge in [-0.3, -0.25) is 9.59 Å². The van der Waals surface area contributed by atoms with Gasteiger partial charge < -0.3 is 15.2 Å². The van der Waals surface area contributed by atoms with E-state index < -0.39 is 11.9 Å². The van der Waals surface area contributed by atoms with E-state index in [1.165, 1.54) is 5.56 Å². The molecule has 2 aromatic rings. The predicted octanol–water partition coefficient (Wildman–Crippen LogP) is 2.01. The van der Waals surface area contributed by atoms with E-state index in [9.17, 15) is 9.59 Å². The van der Waals surface area contributed by atoms with Crippen LogP contribution in [0, 0.1) is 0 Å². The van der Waals surface area contributed by atoms with E-state index in [1.807, 2.05) is 36.5 Å². The van der Waals surface area contributed by atoms with E-state index in [0.717, 1.165) is 5.69 Å². The molecule has 19 heavy (non-hydrogen) atoms. The van der Waals surface area contributed by atoms with Crippen molar-refractivity contribution in [2.45, 2.75) is 12.8 Å². The molecular weight excluding hydrogens is 248 g/mol. The molecule has 0 bridgehead atoms. The number of hydrogen-bond acceptors (Lipinski definition) is 3. The fourth-order valence-electron chi connectivity index (χ4n) is 1.25. The van der Waals surface area contributed by atoms with E-state index in [-0.39, 0.29) is 12.8 Å². The number of nitrogens with one attached hydrogen (secondary N) is 1. The van der Waals surface area contributed by atoms with Gasteiger partial charge in [-0.2, -0.15) is 0 Å². The van der Waals surface area contributed by atoms with Crippen molar-refractivity contribution in [2.24, 2.45) is 0 Å². The molecule has 1 aromatic heterocycles. The summed E-state index contributed by atoms with van der Waals surface area (Å²) in [6, 6.07) is 10.1. The Balaban J connectivity index is 0.000000203. The Kier molecular flexibility index (Phi) is 5.81. The first-order chi connectivity index (χ1) is 9.09. The lowest BCUT2D eigenvalue weighted by Gasteiger charge is -1.93. The van der Waals surface area contributed by atoms with E-state index in [4.69, 9.17) is 10.2 Å². The van der Waals surface area contributed by atoms with Crippen molar-refractivity contribution in [3.63, 3.8) is 0 Å². The molecule has 0 saturated heterocycles. The number of carboxylic acids is 2. The van der Waals surface area contributed by atoms with Crippen LogP contribution in [0.1, 0.15) is 12.8 Å². The normalized spacial score (nSPS) is 9.26. The van der Waals surface area contributed by atoms with Crippen molar-refractivity contribution < 1.29 is 19.8 Å². The standard InChI is InChI=1S/C9H8N2.C4H6O4/c1-2-4-8(5-3-1)9-6-10-7-11-9;5-3(6)1-2-4(7)8/h1-7H,(H,10,11);1-2H2,(H,5,6)(H,7,8). The number of aromatic amines is 1. The summed E-state index contributed by atoms with van der Waals surface area (Å²) in [5.41, 5.74) is 2.23. The number of aliphatic carboxylic acids is 2. The van der Waals surface area contributed by atoms with Gasteiger partial charge in [-0.1, -0.05) is 30.3 Å². The number of imidazole rings is 1. The van der Waals surface area contributed by atoms with Crippen molar-refractivity contribution in [2.75, 3.05) is 0 Å². The highest BCUT2D eigenvalue weighted by atomic mass is 16.4. The summed E-state index contributed by atoms with van der Waals surface area (Å²) in [6.45, 7) is 0. The molecule has 6 heteroatoms. The van der Waals surface area contributed by atoms with Gasteiger partial charge in [-0.05, 0) is 5.56 Å². The first-order valence-corrected chi connectivity index (χ1v) is 5.57. The van der Waals surface area contributed by atoms with Crippen molar-refractivity contribution in [3.8, 4) is 11.3 Å². The van der Waals surface area contributed by atoms with Gasteiger partial charge in [0.15, 0.2) is 0 Å². The average molecular weight is 262 g/mol. The molecule has 0 aliphatic carbocycles. The lowest BCUT2D eigenvalue weighted by Crippen LogP contribution is -2.00. The molecule has 0 amide bonds. The highest BCUT2D eigenvalue weighted by Gasteiger charge is 2.00. The minimum absolute atomic E-state index is 0.296. The highest BCUT2D eigenvalue weighted by Crippen LogP contribution is 2.13. The fourth-order valence-corrected chi connectivity index (χ4v) is 1.25. The van der Waals surface area contributed by atoms with Crippen molar-refractivity contribution in [1.82, 2.24) is 9.97 Å². The van der Waals surface area contributed by atoms with E-state index in [0.29, 0.717) is 0 Å². The number of aromatic nitrogens is 2. The number of benzene rings is 1. The number of carbonyl (C=O) groups is 2. The molecule has 0 unspecified atom stereocenters. The fraction of sp³-hybridized carbons (Fsp3) is 0.154. The molecule has 2 rings (SSSR count). The summed E-state index contributed by atoms with van der Waals surface area (Å²) < 4.78 is 0. The zero-order valence-electron chi connectivity index (χ0n) is 10.1. The summed E-state index contributed by atoms with van der Waals surface area (Å²) in [6.07, 6.45) is 2.91. The van der Waals surface area contributed by atoms with Gasteiger partial charge in [0, 0.05) is 0 Å². The van der Waals surface area contributed by atoms with Gasteiger partial charge in [0.05, 0.1) is 31.1 Å². The second-order valence-corrected chi connectivity index (χ2v) is 3.62. The lowest BCUT2D eigenvalue weighted by molar-refractivity contribution is -0.143. The molecule has 6 nitrogen and oxygen atoms in total. The highest BCUT2D eigenvalue weighted by molar-refractivity contribution is 5.75. The molecule has 0 atom stereocenters. The molecule has 1 heterocycles. The van der Waals surface area contributed by atoms with E-state index in [2.05, 4.69) is 9.97 Å². The molecule has 0 spiro atoms. The Morgan fingerprint density at radius 3 is 2.05 bits per heavy atom. The molecule has 0 saturated carbocycles. The Labute approximate surface area is 109 Å². The zero-order valence-corrected chi connectivity index (χ0v) is 10.1. The SMILES string of the molecule is O=C(O)CCC(=O)O.c1ccc(-c2cnc[nH]2)cc1. The summed E-state index contributed by atoms with van der Waals surface area (Å²) in [5, 5.41) is 15.8. The van der Waals surface area contributed by atoms with Crippen LogP contribution in [0.4, 0.5) is 0 Å². The quantitative estimate of drug-likeness (QED) is 0.782. The third-order valence-electron chi connectivity index (χ3n) is 2.14. The molecule has 0 radical (unpaired) electrons. The minimum Gasteiger partial charge on any atom is -0.481 e. The summed E-state index contributed by atoms with van der Waals surface area (Å²) in [7, 11) is 0. The van der Waals surface area contributed by atoms with Crippen LogP contribution in [0.25, 0.3) is 11.3 Å². The van der Waals surface area contributed by atoms with Crippen LogP contribution in [0.3, 0.4) is 0 Å². The maximum absolute atomic E-state index is 9.64. The van der Waals surface area contributed by atoms with Crippen LogP contribution in [-0.4, -0.2) is 32.1 Å². The van der Waals surface area contributed by atoms with Gasteiger partial charge in [0.2, 0.25) is 0 Å². The maximum atomic E-state index is 9.64.